The van der Waals surface area contributed by atoms with E-state index in [0.29, 0.717) is 15.7 Å². The Bertz CT molecular complexity index is 391. The molecule has 0 radical (unpaired) electrons. The maximum Gasteiger partial charge on any atom is 0.0713 e. The minimum atomic E-state index is -1.19. The number of hydrogen-bond donors (Lipinski definition) is 1. The van der Waals surface area contributed by atoms with E-state index in [9.17, 15) is 9.90 Å². The van der Waals surface area contributed by atoms with E-state index in [1.165, 1.54) is 13.8 Å². The highest BCUT2D eigenvalue weighted by atomic mass is 35.5. The zero-order chi connectivity index (χ0) is 11.6. The molecule has 0 aliphatic carbocycles. The van der Waals surface area contributed by atoms with E-state index >= 15 is 0 Å². The molecule has 0 amide bonds. The first-order valence-corrected chi connectivity index (χ1v) is 5.03. The van der Waals surface area contributed by atoms with Crippen molar-refractivity contribution in [1.82, 2.24) is 0 Å². The second kappa shape index (κ2) is 4.29. The van der Waals surface area contributed by atoms with Gasteiger partial charge in [0.2, 0.25) is 0 Å². The molecule has 0 spiro atoms. The molecule has 1 aromatic carbocycles. The van der Waals surface area contributed by atoms with E-state index in [-0.39, 0.29) is 0 Å². The summed E-state index contributed by atoms with van der Waals surface area (Å²) in [5, 5.41) is 14.3. The Morgan fingerprint density at radius 3 is 2.40 bits per heavy atom. The molecule has 0 unspecified atom stereocenters. The SMILES string of the molecule is CC(C)(Nc1ccc(Cl)c(Cl)c1)C(=O)[O-]. The maximum atomic E-state index is 10.7. The predicted octanol–water partition coefficient (Wildman–Crippen LogP) is 1.93. The molecule has 0 aliphatic rings. The summed E-state index contributed by atoms with van der Waals surface area (Å²) in [5.41, 5.74) is -0.574. The zero-order valence-corrected chi connectivity index (χ0v) is 9.82. The molecule has 0 heterocycles. The monoisotopic (exact) mass is 246 g/mol. The summed E-state index contributed by atoms with van der Waals surface area (Å²) in [6.45, 7) is 3.01. The van der Waals surface area contributed by atoms with Gasteiger partial charge >= 0.3 is 0 Å². The van der Waals surface area contributed by atoms with Gasteiger partial charge in [0.1, 0.15) is 0 Å². The summed E-state index contributed by atoms with van der Waals surface area (Å²) in [6.07, 6.45) is 0. The third kappa shape index (κ3) is 3.01. The summed E-state index contributed by atoms with van der Waals surface area (Å²) in [7, 11) is 0. The number of halogens is 2. The van der Waals surface area contributed by atoms with Crippen LogP contribution in [0.5, 0.6) is 0 Å². The molecule has 1 N–H and O–H groups in total. The van der Waals surface area contributed by atoms with Crippen LogP contribution in [-0.2, 0) is 4.79 Å². The van der Waals surface area contributed by atoms with Gasteiger partial charge in [-0.2, -0.15) is 0 Å². The van der Waals surface area contributed by atoms with Crippen LogP contribution in [0.25, 0.3) is 0 Å². The van der Waals surface area contributed by atoms with Crippen LogP contribution in [0, 0.1) is 0 Å². The van der Waals surface area contributed by atoms with Crippen molar-refractivity contribution in [2.45, 2.75) is 19.4 Å². The van der Waals surface area contributed by atoms with Gasteiger partial charge in [0.15, 0.2) is 0 Å². The molecule has 5 heteroatoms. The number of carboxylic acids is 1. The molecule has 0 saturated heterocycles. The highest BCUT2D eigenvalue weighted by molar-refractivity contribution is 6.42. The van der Waals surface area contributed by atoms with E-state index in [2.05, 4.69) is 5.32 Å². The Hall–Kier alpha value is -0.930. The van der Waals surface area contributed by atoms with Crippen molar-refractivity contribution in [2.75, 3.05) is 5.32 Å². The Labute approximate surface area is 98.0 Å². The number of aliphatic carboxylic acids is 1. The number of rotatable bonds is 3. The lowest BCUT2D eigenvalue weighted by Gasteiger charge is -2.28. The number of carboxylic acid groups (broad SMARTS) is 1. The third-order valence-corrected chi connectivity index (χ3v) is 2.63. The van der Waals surface area contributed by atoms with Crippen LogP contribution in [0.2, 0.25) is 10.0 Å². The van der Waals surface area contributed by atoms with E-state index in [1.807, 2.05) is 0 Å². The van der Waals surface area contributed by atoms with E-state index < -0.39 is 11.5 Å². The average molecular weight is 247 g/mol. The lowest BCUT2D eigenvalue weighted by molar-refractivity contribution is -0.310. The number of carbonyl (C=O) groups excluding carboxylic acids is 1. The van der Waals surface area contributed by atoms with Crippen LogP contribution in [0.4, 0.5) is 5.69 Å². The molecule has 3 nitrogen and oxygen atoms in total. The molecule has 0 saturated carbocycles. The lowest BCUT2D eigenvalue weighted by atomic mass is 10.1. The quantitative estimate of drug-likeness (QED) is 0.887. The minimum Gasteiger partial charge on any atom is -0.548 e. The van der Waals surface area contributed by atoms with Crippen molar-refractivity contribution in [3.8, 4) is 0 Å². The van der Waals surface area contributed by atoms with Crippen LogP contribution in [0.1, 0.15) is 13.8 Å². The average Bonchev–Trinajstić information content (AvgIpc) is 2.10. The Morgan fingerprint density at radius 1 is 1.33 bits per heavy atom. The van der Waals surface area contributed by atoms with E-state index in [4.69, 9.17) is 23.2 Å². The molecule has 0 aromatic heterocycles. The van der Waals surface area contributed by atoms with Crippen molar-refractivity contribution in [3.63, 3.8) is 0 Å². The lowest BCUT2D eigenvalue weighted by Crippen LogP contribution is -2.49. The fourth-order valence-corrected chi connectivity index (χ4v) is 1.28. The van der Waals surface area contributed by atoms with Crippen molar-refractivity contribution in [2.24, 2.45) is 0 Å². The molecule has 0 fully saturated rings. The molecule has 1 rings (SSSR count). The summed E-state index contributed by atoms with van der Waals surface area (Å²) in [4.78, 5) is 10.7. The summed E-state index contributed by atoms with van der Waals surface area (Å²) < 4.78 is 0. The van der Waals surface area contributed by atoms with Gasteiger partial charge < -0.3 is 15.2 Å². The van der Waals surface area contributed by atoms with Gasteiger partial charge in [0.25, 0.3) is 0 Å². The molecule has 15 heavy (non-hydrogen) atoms. The zero-order valence-electron chi connectivity index (χ0n) is 8.30. The maximum absolute atomic E-state index is 10.7. The Balaban J connectivity index is 2.91. The first-order valence-electron chi connectivity index (χ1n) is 4.27. The largest absolute Gasteiger partial charge is 0.548 e. The Morgan fingerprint density at radius 2 is 1.93 bits per heavy atom. The smallest absolute Gasteiger partial charge is 0.0713 e. The van der Waals surface area contributed by atoms with Gasteiger partial charge in [-0.1, -0.05) is 23.2 Å². The van der Waals surface area contributed by atoms with Crippen LogP contribution >= 0.6 is 23.2 Å². The first-order chi connectivity index (χ1) is 6.83. The van der Waals surface area contributed by atoms with E-state index in [0.717, 1.165) is 0 Å². The number of nitrogens with one attached hydrogen (secondary N) is 1. The summed E-state index contributed by atoms with van der Waals surface area (Å²) >= 11 is 11.5. The summed E-state index contributed by atoms with van der Waals surface area (Å²) in [5.74, 6) is -1.19. The van der Waals surface area contributed by atoms with Crippen LogP contribution in [0.3, 0.4) is 0 Å². The number of benzene rings is 1. The number of anilines is 1. The van der Waals surface area contributed by atoms with Crippen molar-refractivity contribution in [1.29, 1.82) is 0 Å². The minimum absolute atomic E-state index is 0.371. The van der Waals surface area contributed by atoms with Crippen LogP contribution < -0.4 is 10.4 Å². The van der Waals surface area contributed by atoms with Crippen LogP contribution in [-0.4, -0.2) is 11.5 Å². The van der Waals surface area contributed by atoms with Gasteiger partial charge in [0.05, 0.1) is 21.6 Å². The molecular formula is C10H10Cl2NO2-. The van der Waals surface area contributed by atoms with Crippen molar-refractivity contribution < 1.29 is 9.90 Å². The molecule has 0 bridgehead atoms. The Kier molecular flexibility index (Phi) is 3.47. The third-order valence-electron chi connectivity index (χ3n) is 1.89. The second-order valence-corrected chi connectivity index (χ2v) is 4.48. The summed E-state index contributed by atoms with van der Waals surface area (Å²) in [6, 6.07) is 4.81. The van der Waals surface area contributed by atoms with Crippen LogP contribution in [0.15, 0.2) is 18.2 Å². The number of hydrogen-bond acceptors (Lipinski definition) is 3. The van der Waals surface area contributed by atoms with Gasteiger partial charge in [-0.25, -0.2) is 0 Å². The van der Waals surface area contributed by atoms with Gasteiger partial charge in [-0.15, -0.1) is 0 Å². The standard InChI is InChI=1S/C10H11Cl2NO2/c1-10(2,9(14)15)13-6-3-4-7(11)8(12)5-6/h3-5,13H,1-2H3,(H,14,15)/p-1. The van der Waals surface area contributed by atoms with Gasteiger partial charge in [-0.05, 0) is 32.0 Å². The molecule has 82 valence electrons. The van der Waals surface area contributed by atoms with Gasteiger partial charge in [-0.3, -0.25) is 0 Å². The highest BCUT2D eigenvalue weighted by Gasteiger charge is 2.18. The molecule has 0 atom stereocenters. The predicted molar refractivity (Wildman–Crippen MR) is 59.2 cm³/mol. The topological polar surface area (TPSA) is 52.2 Å². The second-order valence-electron chi connectivity index (χ2n) is 3.67. The highest BCUT2D eigenvalue weighted by Crippen LogP contribution is 2.26. The van der Waals surface area contributed by atoms with Crippen molar-refractivity contribution >= 4 is 34.9 Å². The fraction of sp³-hybridized carbons (Fsp3) is 0.300. The molecule has 1 aromatic rings. The van der Waals surface area contributed by atoms with Crippen molar-refractivity contribution in [3.05, 3.63) is 28.2 Å². The molecular weight excluding hydrogens is 237 g/mol. The first kappa shape index (κ1) is 12.1. The normalized spacial score (nSPS) is 11.2. The van der Waals surface area contributed by atoms with E-state index in [1.54, 1.807) is 18.2 Å². The fourth-order valence-electron chi connectivity index (χ4n) is 0.986. The van der Waals surface area contributed by atoms with Gasteiger partial charge in [0, 0.05) is 5.69 Å². The number of carbonyl (C=O) groups is 1. The molecule has 0 aliphatic heterocycles.